The Kier molecular flexibility index (Phi) is 5.89. The van der Waals surface area contributed by atoms with Gasteiger partial charge in [-0.1, -0.05) is 50.2 Å². The molecule has 0 aliphatic rings. The summed E-state index contributed by atoms with van der Waals surface area (Å²) in [5, 5.41) is 3.29. The van der Waals surface area contributed by atoms with E-state index in [0.29, 0.717) is 12.0 Å². The van der Waals surface area contributed by atoms with E-state index < -0.39 is 0 Å². The zero-order valence-electron chi connectivity index (χ0n) is 13.4. The average Bonchev–Trinajstić information content (AvgIpc) is 2.52. The molecule has 0 saturated carbocycles. The molecule has 2 rings (SSSR count). The van der Waals surface area contributed by atoms with E-state index in [4.69, 9.17) is 0 Å². The van der Waals surface area contributed by atoms with Crippen LogP contribution in [-0.4, -0.2) is 7.05 Å². The van der Waals surface area contributed by atoms with Crippen molar-refractivity contribution in [3.63, 3.8) is 0 Å². The summed E-state index contributed by atoms with van der Waals surface area (Å²) in [5.41, 5.74) is 4.14. The number of hydrogen-bond acceptors (Lipinski definition) is 2. The maximum atomic E-state index is 3.29. The highest BCUT2D eigenvalue weighted by molar-refractivity contribution is 7.98. The molecule has 0 spiro atoms. The molecule has 0 amide bonds. The first kappa shape index (κ1) is 16.1. The van der Waals surface area contributed by atoms with Crippen LogP contribution in [-0.2, 0) is 5.75 Å². The van der Waals surface area contributed by atoms with Crippen LogP contribution >= 0.6 is 11.8 Å². The molecule has 2 aromatic rings. The highest BCUT2D eigenvalue weighted by Gasteiger charge is 2.04. The molecule has 2 aromatic carbocycles. The van der Waals surface area contributed by atoms with E-state index in [1.165, 1.54) is 21.6 Å². The molecule has 2 heteroatoms. The van der Waals surface area contributed by atoms with Gasteiger partial charge in [0.1, 0.15) is 0 Å². The number of thioether (sulfide) groups is 1. The minimum absolute atomic E-state index is 0.399. The van der Waals surface area contributed by atoms with E-state index in [2.05, 4.69) is 74.6 Å². The van der Waals surface area contributed by atoms with Crippen LogP contribution in [0.5, 0.6) is 0 Å². The summed E-state index contributed by atoms with van der Waals surface area (Å²) in [6.07, 6.45) is 0. The molecule has 0 aliphatic carbocycles. The Morgan fingerprint density at radius 3 is 2.29 bits per heavy atom. The molecule has 0 aliphatic heterocycles. The molecule has 0 saturated heterocycles. The van der Waals surface area contributed by atoms with Crippen LogP contribution in [0.15, 0.2) is 53.4 Å². The van der Waals surface area contributed by atoms with Gasteiger partial charge in [0, 0.05) is 16.7 Å². The molecule has 0 heterocycles. The van der Waals surface area contributed by atoms with Gasteiger partial charge in [-0.2, -0.15) is 0 Å². The van der Waals surface area contributed by atoms with Crippen molar-refractivity contribution in [2.45, 2.75) is 43.4 Å². The second-order valence-corrected chi connectivity index (χ2v) is 6.82. The van der Waals surface area contributed by atoms with Crippen LogP contribution in [0.3, 0.4) is 0 Å². The molecule has 0 radical (unpaired) electrons. The molecule has 0 fully saturated rings. The predicted octanol–water partition coefficient (Wildman–Crippen LogP) is 5.38. The van der Waals surface area contributed by atoms with Gasteiger partial charge in [0.05, 0.1) is 0 Å². The Morgan fingerprint density at radius 2 is 1.67 bits per heavy atom. The van der Waals surface area contributed by atoms with Gasteiger partial charge in [-0.25, -0.2) is 0 Å². The Hall–Kier alpha value is -1.25. The summed E-state index contributed by atoms with van der Waals surface area (Å²) in [5.74, 6) is 1.63. The third-order valence-electron chi connectivity index (χ3n) is 3.84. The lowest BCUT2D eigenvalue weighted by Gasteiger charge is -2.12. The minimum atomic E-state index is 0.399. The molecule has 1 unspecified atom stereocenters. The Balaban J connectivity index is 1.99. The highest BCUT2D eigenvalue weighted by Crippen LogP contribution is 2.26. The molecule has 112 valence electrons. The average molecular weight is 299 g/mol. The maximum Gasteiger partial charge on any atom is 0.0289 e. The maximum absolute atomic E-state index is 3.29. The van der Waals surface area contributed by atoms with E-state index >= 15 is 0 Å². The summed E-state index contributed by atoms with van der Waals surface area (Å²) >= 11 is 1.90. The fraction of sp³-hybridized carbons (Fsp3) is 0.368. The number of nitrogens with one attached hydrogen (secondary N) is 1. The number of hydrogen-bond donors (Lipinski definition) is 1. The standard InChI is InChI=1S/C19H25NS/c1-14(2)17-10-8-16(9-11-17)13-21-19-7-5-6-18(12-19)15(3)20-4/h5-12,14-15,20H,13H2,1-4H3. The van der Waals surface area contributed by atoms with Gasteiger partial charge in [0.15, 0.2) is 0 Å². The smallest absolute Gasteiger partial charge is 0.0289 e. The summed E-state index contributed by atoms with van der Waals surface area (Å²) in [4.78, 5) is 1.34. The molecule has 21 heavy (non-hydrogen) atoms. The van der Waals surface area contributed by atoms with E-state index in [-0.39, 0.29) is 0 Å². The molecule has 1 nitrogen and oxygen atoms in total. The lowest BCUT2D eigenvalue weighted by atomic mass is 10.0. The summed E-state index contributed by atoms with van der Waals surface area (Å²) in [7, 11) is 2.00. The van der Waals surface area contributed by atoms with Gasteiger partial charge in [0.25, 0.3) is 0 Å². The summed E-state index contributed by atoms with van der Waals surface area (Å²) in [6.45, 7) is 6.66. The van der Waals surface area contributed by atoms with Crippen LogP contribution in [0, 0.1) is 0 Å². The molecule has 1 N–H and O–H groups in total. The van der Waals surface area contributed by atoms with Gasteiger partial charge in [-0.3, -0.25) is 0 Å². The van der Waals surface area contributed by atoms with Gasteiger partial charge in [-0.15, -0.1) is 11.8 Å². The first-order chi connectivity index (χ1) is 10.1. The Morgan fingerprint density at radius 1 is 0.952 bits per heavy atom. The zero-order valence-corrected chi connectivity index (χ0v) is 14.2. The highest BCUT2D eigenvalue weighted by atomic mass is 32.2. The molecule has 0 aromatic heterocycles. The summed E-state index contributed by atoms with van der Waals surface area (Å²) < 4.78 is 0. The van der Waals surface area contributed by atoms with E-state index in [9.17, 15) is 0 Å². The molecular formula is C19H25NS. The summed E-state index contributed by atoms with van der Waals surface area (Å²) in [6, 6.07) is 18.2. The van der Waals surface area contributed by atoms with Crippen molar-refractivity contribution in [1.82, 2.24) is 5.32 Å². The SMILES string of the molecule is CNC(C)c1cccc(SCc2ccc(C(C)C)cc2)c1. The predicted molar refractivity (Wildman–Crippen MR) is 94.0 cm³/mol. The van der Waals surface area contributed by atoms with Crippen LogP contribution in [0.4, 0.5) is 0 Å². The third-order valence-corrected chi connectivity index (χ3v) is 4.91. The quantitative estimate of drug-likeness (QED) is 0.718. The van der Waals surface area contributed by atoms with Crippen molar-refractivity contribution in [3.8, 4) is 0 Å². The van der Waals surface area contributed by atoms with Crippen LogP contribution in [0.1, 0.15) is 49.4 Å². The van der Waals surface area contributed by atoms with Crippen molar-refractivity contribution in [3.05, 3.63) is 65.2 Å². The van der Waals surface area contributed by atoms with E-state index in [1.807, 2.05) is 18.8 Å². The van der Waals surface area contributed by atoms with Crippen molar-refractivity contribution >= 4 is 11.8 Å². The third kappa shape index (κ3) is 4.62. The first-order valence-electron chi connectivity index (χ1n) is 7.59. The van der Waals surface area contributed by atoms with Crippen molar-refractivity contribution in [2.75, 3.05) is 7.05 Å². The minimum Gasteiger partial charge on any atom is -0.313 e. The lowest BCUT2D eigenvalue weighted by Crippen LogP contribution is -2.11. The van der Waals surface area contributed by atoms with Crippen molar-refractivity contribution in [1.29, 1.82) is 0 Å². The van der Waals surface area contributed by atoms with Crippen LogP contribution in [0.25, 0.3) is 0 Å². The molecule has 0 bridgehead atoms. The second kappa shape index (κ2) is 7.67. The second-order valence-electron chi connectivity index (χ2n) is 5.77. The Bertz CT molecular complexity index is 560. The number of benzene rings is 2. The Labute approximate surface area is 133 Å². The van der Waals surface area contributed by atoms with Crippen LogP contribution in [0.2, 0.25) is 0 Å². The monoisotopic (exact) mass is 299 g/mol. The van der Waals surface area contributed by atoms with E-state index in [1.54, 1.807) is 0 Å². The van der Waals surface area contributed by atoms with Crippen molar-refractivity contribution < 1.29 is 0 Å². The fourth-order valence-electron chi connectivity index (χ4n) is 2.21. The fourth-order valence-corrected chi connectivity index (χ4v) is 3.13. The van der Waals surface area contributed by atoms with Gasteiger partial charge < -0.3 is 5.32 Å². The molecular weight excluding hydrogens is 274 g/mol. The lowest BCUT2D eigenvalue weighted by molar-refractivity contribution is 0.651. The normalized spacial score (nSPS) is 12.6. The van der Waals surface area contributed by atoms with Crippen LogP contribution < -0.4 is 5.32 Å². The van der Waals surface area contributed by atoms with E-state index in [0.717, 1.165) is 5.75 Å². The van der Waals surface area contributed by atoms with Gasteiger partial charge in [0.2, 0.25) is 0 Å². The number of rotatable bonds is 6. The first-order valence-corrected chi connectivity index (χ1v) is 8.57. The molecule has 1 atom stereocenters. The van der Waals surface area contributed by atoms with Gasteiger partial charge >= 0.3 is 0 Å². The van der Waals surface area contributed by atoms with Crippen molar-refractivity contribution in [2.24, 2.45) is 0 Å². The zero-order chi connectivity index (χ0) is 15.2. The largest absolute Gasteiger partial charge is 0.313 e. The van der Waals surface area contributed by atoms with Gasteiger partial charge in [-0.05, 0) is 48.7 Å². The topological polar surface area (TPSA) is 12.0 Å².